The monoisotopic (exact) mass is 183 g/mol. The number of nitrogens with one attached hydrogen (secondary N) is 2. The maximum atomic E-state index is 11.5. The Morgan fingerprint density at radius 3 is 2.69 bits per heavy atom. The van der Waals surface area contributed by atoms with E-state index in [1.165, 1.54) is 4.90 Å². The highest BCUT2D eigenvalue weighted by atomic mass is 16.2. The lowest BCUT2D eigenvalue weighted by atomic mass is 10.2. The fourth-order valence-electron chi connectivity index (χ4n) is 1.83. The molecule has 0 aromatic carbocycles. The number of carbonyl (C=O) groups excluding carboxylic acids is 2. The fraction of sp³-hybridized carbons (Fsp3) is 0.750. The van der Waals surface area contributed by atoms with Crippen LogP contribution in [-0.2, 0) is 4.79 Å². The first kappa shape index (κ1) is 8.50. The summed E-state index contributed by atoms with van der Waals surface area (Å²) in [6, 6.07) is -0.545. The van der Waals surface area contributed by atoms with Crippen molar-refractivity contribution in [1.82, 2.24) is 15.5 Å². The number of hydrogen-bond acceptors (Lipinski definition) is 3. The van der Waals surface area contributed by atoms with Gasteiger partial charge in [-0.2, -0.15) is 0 Å². The minimum absolute atomic E-state index is 0.0532. The quantitative estimate of drug-likeness (QED) is 0.528. The molecular formula is C8H13N3O2. The first-order valence-corrected chi connectivity index (χ1v) is 4.54. The van der Waals surface area contributed by atoms with Crippen LogP contribution in [0.2, 0.25) is 0 Å². The average Bonchev–Trinajstić information content (AvgIpc) is 2.63. The van der Waals surface area contributed by atoms with Gasteiger partial charge in [-0.25, -0.2) is 4.79 Å². The summed E-state index contributed by atoms with van der Waals surface area (Å²) in [7, 11) is 0. The van der Waals surface area contributed by atoms with Crippen molar-refractivity contribution in [3.8, 4) is 0 Å². The van der Waals surface area contributed by atoms with Crippen molar-refractivity contribution in [2.24, 2.45) is 0 Å². The molecule has 0 saturated carbocycles. The largest absolute Gasteiger partial charge is 0.326 e. The lowest BCUT2D eigenvalue weighted by molar-refractivity contribution is -0.128. The second kappa shape index (κ2) is 2.99. The van der Waals surface area contributed by atoms with Crippen LogP contribution in [0, 0.1) is 0 Å². The molecule has 2 N–H and O–H groups in total. The van der Waals surface area contributed by atoms with Crippen LogP contribution in [0.1, 0.15) is 13.3 Å². The molecule has 2 atom stereocenters. The van der Waals surface area contributed by atoms with Crippen molar-refractivity contribution in [3.05, 3.63) is 0 Å². The van der Waals surface area contributed by atoms with E-state index in [0.29, 0.717) is 0 Å². The SMILES string of the molecule is CC1NC(=O)N(C2CCNC2)C1=O. The predicted molar refractivity (Wildman–Crippen MR) is 46.1 cm³/mol. The molecule has 13 heavy (non-hydrogen) atoms. The third-order valence-corrected chi connectivity index (χ3v) is 2.57. The summed E-state index contributed by atoms with van der Waals surface area (Å²) in [5.41, 5.74) is 0. The number of carbonyl (C=O) groups is 2. The first-order valence-electron chi connectivity index (χ1n) is 4.54. The topological polar surface area (TPSA) is 61.4 Å². The number of nitrogens with zero attached hydrogens (tertiary/aromatic N) is 1. The van der Waals surface area contributed by atoms with Gasteiger partial charge in [0.1, 0.15) is 6.04 Å². The normalized spacial score (nSPS) is 34.1. The summed E-state index contributed by atoms with van der Waals surface area (Å²) in [4.78, 5) is 24.2. The van der Waals surface area contributed by atoms with Crippen LogP contribution in [0.15, 0.2) is 0 Å². The molecule has 2 saturated heterocycles. The van der Waals surface area contributed by atoms with Crippen LogP contribution in [0.4, 0.5) is 4.79 Å². The van der Waals surface area contributed by atoms with E-state index in [-0.39, 0.29) is 24.0 Å². The van der Waals surface area contributed by atoms with Crippen LogP contribution in [0.5, 0.6) is 0 Å². The summed E-state index contributed by atoms with van der Waals surface area (Å²) < 4.78 is 0. The van der Waals surface area contributed by atoms with E-state index in [2.05, 4.69) is 10.6 Å². The van der Waals surface area contributed by atoms with Gasteiger partial charge < -0.3 is 10.6 Å². The number of amides is 3. The number of urea groups is 1. The number of hydrogen-bond donors (Lipinski definition) is 2. The standard InChI is InChI=1S/C8H13N3O2/c1-5-7(12)11(8(13)10-5)6-2-3-9-4-6/h5-6,9H,2-4H2,1H3,(H,10,13). The van der Waals surface area contributed by atoms with E-state index in [1.54, 1.807) is 6.92 Å². The van der Waals surface area contributed by atoms with Gasteiger partial charge in [0.05, 0.1) is 6.04 Å². The molecule has 2 rings (SSSR count). The summed E-state index contributed by atoms with van der Waals surface area (Å²) >= 11 is 0. The van der Waals surface area contributed by atoms with Crippen molar-refractivity contribution in [2.75, 3.05) is 13.1 Å². The zero-order valence-corrected chi connectivity index (χ0v) is 7.54. The summed E-state index contributed by atoms with van der Waals surface area (Å²) in [5, 5.41) is 5.73. The molecule has 0 spiro atoms. The molecule has 0 bridgehead atoms. The third-order valence-electron chi connectivity index (χ3n) is 2.57. The Morgan fingerprint density at radius 2 is 2.23 bits per heavy atom. The summed E-state index contributed by atoms with van der Waals surface area (Å²) in [6.07, 6.45) is 0.867. The van der Waals surface area contributed by atoms with E-state index in [1.807, 2.05) is 0 Å². The lowest BCUT2D eigenvalue weighted by Gasteiger charge is -2.19. The molecule has 3 amide bonds. The molecule has 2 heterocycles. The van der Waals surface area contributed by atoms with Gasteiger partial charge in [-0.15, -0.1) is 0 Å². The molecule has 72 valence electrons. The molecule has 0 aliphatic carbocycles. The highest BCUT2D eigenvalue weighted by Gasteiger charge is 2.40. The lowest BCUT2D eigenvalue weighted by Crippen LogP contribution is -2.41. The predicted octanol–water partition coefficient (Wildman–Crippen LogP) is -0.711. The van der Waals surface area contributed by atoms with E-state index in [9.17, 15) is 9.59 Å². The van der Waals surface area contributed by atoms with Gasteiger partial charge in [0, 0.05) is 6.54 Å². The molecule has 0 aromatic rings. The molecule has 0 radical (unpaired) electrons. The smallest absolute Gasteiger partial charge is 0.325 e. The van der Waals surface area contributed by atoms with Crippen molar-refractivity contribution in [3.63, 3.8) is 0 Å². The Morgan fingerprint density at radius 1 is 1.46 bits per heavy atom. The Labute approximate surface area is 76.5 Å². The average molecular weight is 183 g/mol. The second-order valence-corrected chi connectivity index (χ2v) is 3.53. The van der Waals surface area contributed by atoms with Crippen molar-refractivity contribution < 1.29 is 9.59 Å². The first-order chi connectivity index (χ1) is 6.20. The summed E-state index contributed by atoms with van der Waals surface area (Å²) in [5.74, 6) is -0.0984. The number of rotatable bonds is 1. The zero-order chi connectivity index (χ0) is 9.42. The van der Waals surface area contributed by atoms with Crippen LogP contribution in [0.25, 0.3) is 0 Å². The molecule has 2 aliphatic rings. The van der Waals surface area contributed by atoms with E-state index >= 15 is 0 Å². The van der Waals surface area contributed by atoms with Gasteiger partial charge in [-0.05, 0) is 19.9 Å². The van der Waals surface area contributed by atoms with Crippen LogP contribution in [0.3, 0.4) is 0 Å². The second-order valence-electron chi connectivity index (χ2n) is 3.53. The molecule has 5 heteroatoms. The van der Waals surface area contributed by atoms with Crippen LogP contribution in [-0.4, -0.2) is 42.0 Å². The van der Waals surface area contributed by atoms with Gasteiger partial charge in [0.25, 0.3) is 5.91 Å². The van der Waals surface area contributed by atoms with E-state index in [0.717, 1.165) is 19.5 Å². The Kier molecular flexibility index (Phi) is 1.95. The summed E-state index contributed by atoms with van der Waals surface area (Å²) in [6.45, 7) is 3.32. The molecule has 2 unspecified atom stereocenters. The minimum Gasteiger partial charge on any atom is -0.326 e. The van der Waals surface area contributed by atoms with Crippen LogP contribution >= 0.6 is 0 Å². The van der Waals surface area contributed by atoms with Gasteiger partial charge in [-0.1, -0.05) is 0 Å². The van der Waals surface area contributed by atoms with Crippen molar-refractivity contribution in [2.45, 2.75) is 25.4 Å². The zero-order valence-electron chi connectivity index (χ0n) is 7.54. The minimum atomic E-state index is -0.354. The highest BCUT2D eigenvalue weighted by Crippen LogP contribution is 2.14. The molecule has 2 aliphatic heterocycles. The van der Waals surface area contributed by atoms with Crippen LogP contribution < -0.4 is 10.6 Å². The maximum absolute atomic E-state index is 11.5. The highest BCUT2D eigenvalue weighted by molar-refractivity contribution is 6.04. The molecule has 5 nitrogen and oxygen atoms in total. The molecule has 0 aromatic heterocycles. The maximum Gasteiger partial charge on any atom is 0.325 e. The molecular weight excluding hydrogens is 170 g/mol. The Bertz CT molecular complexity index is 248. The van der Waals surface area contributed by atoms with E-state index in [4.69, 9.17) is 0 Å². The number of imide groups is 1. The van der Waals surface area contributed by atoms with E-state index < -0.39 is 0 Å². The van der Waals surface area contributed by atoms with Crippen molar-refractivity contribution in [1.29, 1.82) is 0 Å². The third kappa shape index (κ3) is 1.29. The van der Waals surface area contributed by atoms with Gasteiger partial charge in [0.15, 0.2) is 0 Å². The molecule has 2 fully saturated rings. The Hall–Kier alpha value is -1.10. The van der Waals surface area contributed by atoms with Gasteiger partial charge in [-0.3, -0.25) is 9.69 Å². The van der Waals surface area contributed by atoms with Gasteiger partial charge >= 0.3 is 6.03 Å². The van der Waals surface area contributed by atoms with Gasteiger partial charge in [0.2, 0.25) is 0 Å². The van der Waals surface area contributed by atoms with Crippen molar-refractivity contribution >= 4 is 11.9 Å². The Balaban J connectivity index is 2.13. The fourth-order valence-corrected chi connectivity index (χ4v) is 1.83.